The van der Waals surface area contributed by atoms with Crippen molar-refractivity contribution in [2.45, 2.75) is 64.0 Å². The van der Waals surface area contributed by atoms with Gasteiger partial charge in [0, 0.05) is 6.04 Å². The zero-order valence-electron chi connectivity index (χ0n) is 11.7. The highest BCUT2D eigenvalue weighted by Crippen LogP contribution is 2.40. The second-order valence-corrected chi connectivity index (χ2v) is 6.38. The van der Waals surface area contributed by atoms with Gasteiger partial charge in [-0.15, -0.1) is 0 Å². The van der Waals surface area contributed by atoms with Crippen molar-refractivity contribution < 1.29 is 9.59 Å². The number of carbonyl (C=O) groups is 2. The minimum Gasteiger partial charge on any atom is -0.342 e. The standard InChI is InChI=1S/C15H24N2O2/c1-2-10-8-12(10)17-9-13(18)16-14(15(17)19)11-6-4-3-5-7-11/h10-12,14H,2-9H2,1H3,(H,16,18). The quantitative estimate of drug-likeness (QED) is 0.843. The van der Waals surface area contributed by atoms with E-state index in [9.17, 15) is 9.59 Å². The highest BCUT2D eigenvalue weighted by atomic mass is 16.2. The average Bonchev–Trinajstić information content (AvgIpc) is 3.21. The summed E-state index contributed by atoms with van der Waals surface area (Å²) in [7, 11) is 0. The van der Waals surface area contributed by atoms with Gasteiger partial charge < -0.3 is 10.2 Å². The van der Waals surface area contributed by atoms with Gasteiger partial charge in [-0.1, -0.05) is 32.6 Å². The molecule has 106 valence electrons. The maximum Gasteiger partial charge on any atom is 0.246 e. The van der Waals surface area contributed by atoms with Crippen LogP contribution < -0.4 is 5.32 Å². The summed E-state index contributed by atoms with van der Waals surface area (Å²) in [6, 6.07) is 0.106. The third-order valence-corrected chi connectivity index (χ3v) is 5.11. The first kappa shape index (κ1) is 12.9. The molecule has 0 bridgehead atoms. The largest absolute Gasteiger partial charge is 0.342 e. The van der Waals surface area contributed by atoms with Gasteiger partial charge in [-0.2, -0.15) is 0 Å². The van der Waals surface area contributed by atoms with Crippen LogP contribution in [0.25, 0.3) is 0 Å². The van der Waals surface area contributed by atoms with E-state index in [0.29, 0.717) is 17.9 Å². The summed E-state index contributed by atoms with van der Waals surface area (Å²) in [5, 5.41) is 2.95. The van der Waals surface area contributed by atoms with Gasteiger partial charge in [0.15, 0.2) is 0 Å². The molecule has 4 heteroatoms. The van der Waals surface area contributed by atoms with Gasteiger partial charge in [0.25, 0.3) is 0 Å². The van der Waals surface area contributed by atoms with Crippen LogP contribution >= 0.6 is 0 Å². The van der Waals surface area contributed by atoms with E-state index in [2.05, 4.69) is 12.2 Å². The molecule has 2 aliphatic carbocycles. The molecule has 4 nitrogen and oxygen atoms in total. The lowest BCUT2D eigenvalue weighted by atomic mass is 9.82. The SMILES string of the molecule is CCC1CC1N1CC(=O)NC(C2CCCCC2)C1=O. The van der Waals surface area contributed by atoms with Crippen LogP contribution in [0.2, 0.25) is 0 Å². The Kier molecular flexibility index (Phi) is 3.50. The highest BCUT2D eigenvalue weighted by Gasteiger charge is 2.48. The molecule has 3 fully saturated rings. The Hall–Kier alpha value is -1.06. The topological polar surface area (TPSA) is 49.4 Å². The molecule has 1 saturated heterocycles. The molecule has 2 amide bonds. The molecular formula is C15H24N2O2. The summed E-state index contributed by atoms with van der Waals surface area (Å²) >= 11 is 0. The Morgan fingerprint density at radius 1 is 1.21 bits per heavy atom. The minimum absolute atomic E-state index is 0.0388. The number of nitrogens with zero attached hydrogens (tertiary/aromatic N) is 1. The number of nitrogens with one attached hydrogen (secondary N) is 1. The third-order valence-electron chi connectivity index (χ3n) is 5.11. The molecule has 0 aromatic heterocycles. The Bertz CT molecular complexity index is 376. The number of hydrogen-bond donors (Lipinski definition) is 1. The highest BCUT2D eigenvalue weighted by molar-refractivity contribution is 5.95. The number of piperazine rings is 1. The molecule has 3 aliphatic rings. The molecule has 1 heterocycles. The van der Waals surface area contributed by atoms with E-state index in [-0.39, 0.29) is 24.4 Å². The first-order chi connectivity index (χ1) is 9.20. The Labute approximate surface area is 114 Å². The van der Waals surface area contributed by atoms with E-state index < -0.39 is 0 Å². The Morgan fingerprint density at radius 2 is 1.95 bits per heavy atom. The summed E-state index contributed by atoms with van der Waals surface area (Å²) in [6.07, 6.45) is 8.06. The molecule has 3 rings (SSSR count). The summed E-state index contributed by atoms with van der Waals surface area (Å²) in [6.45, 7) is 2.45. The van der Waals surface area contributed by atoms with E-state index >= 15 is 0 Å². The van der Waals surface area contributed by atoms with Gasteiger partial charge in [-0.25, -0.2) is 0 Å². The zero-order valence-corrected chi connectivity index (χ0v) is 11.7. The van der Waals surface area contributed by atoms with Gasteiger partial charge in [0.1, 0.15) is 6.04 Å². The van der Waals surface area contributed by atoms with Crippen LogP contribution in [0, 0.1) is 11.8 Å². The van der Waals surface area contributed by atoms with Crippen molar-refractivity contribution in [3.05, 3.63) is 0 Å². The monoisotopic (exact) mass is 264 g/mol. The Balaban J connectivity index is 1.70. The molecule has 0 aromatic rings. The lowest BCUT2D eigenvalue weighted by molar-refractivity contribution is -0.147. The van der Waals surface area contributed by atoms with E-state index in [1.54, 1.807) is 0 Å². The molecule has 0 radical (unpaired) electrons. The van der Waals surface area contributed by atoms with Crippen molar-refractivity contribution in [3.8, 4) is 0 Å². The average molecular weight is 264 g/mol. The van der Waals surface area contributed by atoms with E-state index in [1.807, 2.05) is 4.90 Å². The normalized spacial score (nSPS) is 36.3. The van der Waals surface area contributed by atoms with E-state index in [1.165, 1.54) is 19.3 Å². The molecule has 1 aliphatic heterocycles. The zero-order chi connectivity index (χ0) is 13.4. The second-order valence-electron chi connectivity index (χ2n) is 6.38. The van der Waals surface area contributed by atoms with E-state index in [4.69, 9.17) is 0 Å². The van der Waals surface area contributed by atoms with Gasteiger partial charge in [0.05, 0.1) is 6.54 Å². The summed E-state index contributed by atoms with van der Waals surface area (Å²) in [4.78, 5) is 26.4. The second kappa shape index (κ2) is 5.14. The fourth-order valence-corrected chi connectivity index (χ4v) is 3.81. The Morgan fingerprint density at radius 3 is 2.58 bits per heavy atom. The van der Waals surface area contributed by atoms with Gasteiger partial charge in [0.2, 0.25) is 11.8 Å². The summed E-state index contributed by atoms with van der Waals surface area (Å²) in [5.41, 5.74) is 0. The summed E-state index contributed by atoms with van der Waals surface area (Å²) in [5.74, 6) is 1.22. The van der Waals surface area contributed by atoms with Crippen molar-refractivity contribution in [2.75, 3.05) is 6.54 Å². The number of rotatable bonds is 3. The van der Waals surface area contributed by atoms with Crippen LogP contribution in [0.3, 0.4) is 0 Å². The molecule has 3 unspecified atom stereocenters. The van der Waals surface area contributed by atoms with Crippen molar-refractivity contribution >= 4 is 11.8 Å². The maximum atomic E-state index is 12.6. The van der Waals surface area contributed by atoms with Crippen molar-refractivity contribution in [1.29, 1.82) is 0 Å². The van der Waals surface area contributed by atoms with Gasteiger partial charge >= 0.3 is 0 Å². The fraction of sp³-hybridized carbons (Fsp3) is 0.867. The predicted octanol–water partition coefficient (Wildman–Crippen LogP) is 1.69. The maximum absolute atomic E-state index is 12.6. The van der Waals surface area contributed by atoms with Crippen LogP contribution in [0.1, 0.15) is 51.9 Å². The number of hydrogen-bond acceptors (Lipinski definition) is 2. The fourth-order valence-electron chi connectivity index (χ4n) is 3.81. The molecule has 0 spiro atoms. The molecule has 2 saturated carbocycles. The molecule has 19 heavy (non-hydrogen) atoms. The lowest BCUT2D eigenvalue weighted by Crippen LogP contribution is -2.61. The smallest absolute Gasteiger partial charge is 0.246 e. The number of amides is 2. The van der Waals surface area contributed by atoms with Crippen molar-refractivity contribution in [2.24, 2.45) is 11.8 Å². The number of carbonyl (C=O) groups excluding carboxylic acids is 2. The van der Waals surface area contributed by atoms with Crippen LogP contribution in [-0.2, 0) is 9.59 Å². The molecular weight excluding hydrogens is 240 g/mol. The van der Waals surface area contributed by atoms with Crippen molar-refractivity contribution in [1.82, 2.24) is 10.2 Å². The third kappa shape index (κ3) is 2.49. The summed E-state index contributed by atoms with van der Waals surface area (Å²) < 4.78 is 0. The lowest BCUT2D eigenvalue weighted by Gasteiger charge is -2.38. The van der Waals surface area contributed by atoms with Gasteiger partial charge in [-0.05, 0) is 31.1 Å². The molecule has 3 atom stereocenters. The molecule has 1 N–H and O–H groups in total. The van der Waals surface area contributed by atoms with Crippen LogP contribution in [0.15, 0.2) is 0 Å². The predicted molar refractivity (Wildman–Crippen MR) is 72.4 cm³/mol. The van der Waals surface area contributed by atoms with E-state index in [0.717, 1.165) is 25.7 Å². The van der Waals surface area contributed by atoms with Gasteiger partial charge in [-0.3, -0.25) is 9.59 Å². The molecule has 0 aromatic carbocycles. The first-order valence-electron chi connectivity index (χ1n) is 7.80. The van der Waals surface area contributed by atoms with Crippen LogP contribution in [0.4, 0.5) is 0 Å². The van der Waals surface area contributed by atoms with Crippen molar-refractivity contribution in [3.63, 3.8) is 0 Å². The first-order valence-corrected chi connectivity index (χ1v) is 7.80. The van der Waals surface area contributed by atoms with Crippen LogP contribution in [-0.4, -0.2) is 35.3 Å². The van der Waals surface area contributed by atoms with Crippen LogP contribution in [0.5, 0.6) is 0 Å². The minimum atomic E-state index is -0.236.